The molecule has 2 N–H and O–H groups in total. The molecule has 0 bridgehead atoms. The van der Waals surface area contributed by atoms with Gasteiger partial charge < -0.3 is 20.1 Å². The van der Waals surface area contributed by atoms with Gasteiger partial charge in [-0.15, -0.1) is 0 Å². The SMILES string of the molecule is CCn1nc(C(=O)O)c(=O)c2c([NH+]=[N-])c3c(cc21)OCO3. The van der Waals surface area contributed by atoms with Crippen LogP contribution in [0.2, 0.25) is 0 Å². The van der Waals surface area contributed by atoms with E-state index < -0.39 is 17.1 Å². The fraction of sp³-hybridized carbons (Fsp3) is 0.250. The van der Waals surface area contributed by atoms with Crippen LogP contribution in [0.1, 0.15) is 17.4 Å². The van der Waals surface area contributed by atoms with Crippen molar-refractivity contribution in [3.63, 3.8) is 0 Å². The smallest absolute Gasteiger partial charge is 0.360 e. The number of aromatic carboxylic acids is 1. The van der Waals surface area contributed by atoms with E-state index >= 15 is 0 Å². The van der Waals surface area contributed by atoms with Crippen molar-refractivity contribution >= 4 is 22.6 Å². The van der Waals surface area contributed by atoms with Gasteiger partial charge in [0.15, 0.2) is 5.75 Å². The van der Waals surface area contributed by atoms with Crippen molar-refractivity contribution in [1.82, 2.24) is 9.78 Å². The summed E-state index contributed by atoms with van der Waals surface area (Å²) >= 11 is 0. The second-order valence-corrected chi connectivity index (χ2v) is 4.29. The summed E-state index contributed by atoms with van der Waals surface area (Å²) in [7, 11) is 0. The minimum atomic E-state index is -1.44. The third-order valence-corrected chi connectivity index (χ3v) is 3.20. The van der Waals surface area contributed by atoms with E-state index in [2.05, 4.69) is 5.10 Å². The van der Waals surface area contributed by atoms with Crippen molar-refractivity contribution < 1.29 is 24.5 Å². The average molecular weight is 290 g/mol. The quantitative estimate of drug-likeness (QED) is 0.739. The molecule has 1 aromatic carbocycles. The van der Waals surface area contributed by atoms with Gasteiger partial charge in [-0.25, -0.2) is 4.79 Å². The summed E-state index contributed by atoms with van der Waals surface area (Å²) in [5.74, 6) is -0.941. The summed E-state index contributed by atoms with van der Waals surface area (Å²) < 4.78 is 11.8. The third kappa shape index (κ3) is 1.74. The van der Waals surface area contributed by atoms with E-state index in [1.54, 1.807) is 6.92 Å². The number of benzene rings is 1. The molecule has 2 heterocycles. The van der Waals surface area contributed by atoms with E-state index in [0.717, 1.165) is 0 Å². The van der Waals surface area contributed by atoms with Crippen LogP contribution in [0.4, 0.5) is 5.69 Å². The molecule has 0 saturated carbocycles. The molecule has 0 fully saturated rings. The van der Waals surface area contributed by atoms with Crippen LogP contribution in [-0.4, -0.2) is 27.6 Å². The van der Waals surface area contributed by atoms with Gasteiger partial charge in [-0.3, -0.25) is 14.6 Å². The maximum absolute atomic E-state index is 12.3. The molecule has 0 spiro atoms. The molecule has 108 valence electrons. The monoisotopic (exact) mass is 290 g/mol. The lowest BCUT2D eigenvalue weighted by molar-refractivity contribution is -0.378. The highest BCUT2D eigenvalue weighted by Gasteiger charge is 2.29. The molecule has 1 aliphatic heterocycles. The number of fused-ring (bicyclic) bond motifs is 2. The minimum absolute atomic E-state index is 0.0176. The molecule has 3 rings (SSSR count). The summed E-state index contributed by atoms with van der Waals surface area (Å²) in [6.07, 6.45) is 0. The Bertz CT molecular complexity index is 842. The van der Waals surface area contributed by atoms with E-state index in [4.69, 9.17) is 14.6 Å². The molecule has 0 unspecified atom stereocenters. The molecule has 9 heteroatoms. The lowest BCUT2D eigenvalue weighted by Gasteiger charge is -2.10. The number of ether oxygens (including phenoxy) is 2. The van der Waals surface area contributed by atoms with Crippen molar-refractivity contribution in [2.75, 3.05) is 6.79 Å². The molecule has 0 amide bonds. The maximum atomic E-state index is 12.3. The lowest BCUT2D eigenvalue weighted by Crippen LogP contribution is -2.55. The Morgan fingerprint density at radius 3 is 2.95 bits per heavy atom. The standard InChI is InChI=1S/C12H10N4O5/c1-2-16-5-3-6-11(21-4-20-6)8(14-13)7(5)10(17)9(15-16)12(18)19/h3,14H,2,4H2,1H3,(H,18,19). The van der Waals surface area contributed by atoms with Gasteiger partial charge in [-0.1, -0.05) is 0 Å². The normalized spacial score (nSPS) is 12.6. The van der Waals surface area contributed by atoms with Crippen molar-refractivity contribution in [3.8, 4) is 11.5 Å². The van der Waals surface area contributed by atoms with Crippen LogP contribution in [0.25, 0.3) is 16.4 Å². The van der Waals surface area contributed by atoms with Gasteiger partial charge in [0.05, 0.1) is 5.52 Å². The number of rotatable bonds is 3. The number of aromatic nitrogens is 2. The summed E-state index contributed by atoms with van der Waals surface area (Å²) in [5.41, 5.74) is 8.19. The molecule has 9 nitrogen and oxygen atoms in total. The average Bonchev–Trinajstić information content (AvgIpc) is 2.93. The maximum Gasteiger partial charge on any atom is 0.360 e. The van der Waals surface area contributed by atoms with Gasteiger partial charge in [0.1, 0.15) is 5.39 Å². The minimum Gasteiger partial charge on any atom is -0.502 e. The summed E-state index contributed by atoms with van der Waals surface area (Å²) in [6.45, 7) is 2.03. The Morgan fingerprint density at radius 2 is 2.33 bits per heavy atom. The van der Waals surface area contributed by atoms with E-state index in [1.165, 1.54) is 10.7 Å². The fourth-order valence-corrected chi connectivity index (χ4v) is 2.29. The predicted octanol–water partition coefficient (Wildman–Crippen LogP) is -0.423. The molecule has 0 saturated heterocycles. The van der Waals surface area contributed by atoms with Gasteiger partial charge in [0.25, 0.3) is 5.69 Å². The number of nitrogens with one attached hydrogen (secondary N) is 1. The van der Waals surface area contributed by atoms with Crippen LogP contribution >= 0.6 is 0 Å². The Hall–Kier alpha value is -2.97. The first kappa shape index (κ1) is 13.0. The molecule has 21 heavy (non-hydrogen) atoms. The lowest BCUT2D eigenvalue weighted by atomic mass is 10.1. The summed E-state index contributed by atoms with van der Waals surface area (Å²) in [4.78, 5) is 23.5. The van der Waals surface area contributed by atoms with E-state index in [9.17, 15) is 15.1 Å². The largest absolute Gasteiger partial charge is 0.502 e. The Morgan fingerprint density at radius 1 is 1.57 bits per heavy atom. The number of hydrogen-bond donors (Lipinski definition) is 2. The Kier molecular flexibility index (Phi) is 2.82. The highest BCUT2D eigenvalue weighted by molar-refractivity contribution is 5.97. The van der Waals surface area contributed by atoms with Crippen molar-refractivity contribution in [2.45, 2.75) is 13.5 Å². The van der Waals surface area contributed by atoms with Crippen molar-refractivity contribution in [3.05, 3.63) is 27.5 Å². The van der Waals surface area contributed by atoms with Crippen LogP contribution in [0.15, 0.2) is 10.9 Å². The van der Waals surface area contributed by atoms with Crippen LogP contribution in [0.3, 0.4) is 0 Å². The number of carboxylic acid groups (broad SMARTS) is 1. The number of aryl methyl sites for hydroxylation is 1. The van der Waals surface area contributed by atoms with Gasteiger partial charge in [0.2, 0.25) is 23.7 Å². The van der Waals surface area contributed by atoms with E-state index in [0.29, 0.717) is 17.8 Å². The number of nitrogens with zero attached hydrogens (tertiary/aromatic N) is 3. The molecule has 2 aromatic rings. The number of carboxylic acids is 1. The van der Waals surface area contributed by atoms with Crippen LogP contribution < -0.4 is 20.0 Å². The second kappa shape index (κ2) is 4.54. The fourth-order valence-electron chi connectivity index (χ4n) is 2.29. The zero-order chi connectivity index (χ0) is 15.1. The molecule has 1 aromatic heterocycles. The van der Waals surface area contributed by atoms with E-state index in [-0.39, 0.29) is 23.6 Å². The van der Waals surface area contributed by atoms with Crippen LogP contribution in [-0.2, 0) is 6.54 Å². The number of carbonyl (C=O) groups is 1. The van der Waals surface area contributed by atoms with Gasteiger partial charge in [-0.2, -0.15) is 5.10 Å². The Labute approximate surface area is 117 Å². The highest BCUT2D eigenvalue weighted by atomic mass is 16.7. The molecular weight excluding hydrogens is 280 g/mol. The zero-order valence-electron chi connectivity index (χ0n) is 10.9. The number of hydrogen-bond acceptors (Lipinski definition) is 5. The third-order valence-electron chi connectivity index (χ3n) is 3.20. The molecule has 0 aliphatic carbocycles. The van der Waals surface area contributed by atoms with Gasteiger partial charge >= 0.3 is 5.97 Å². The predicted molar refractivity (Wildman–Crippen MR) is 68.7 cm³/mol. The molecule has 1 aliphatic rings. The van der Waals surface area contributed by atoms with Gasteiger partial charge in [0, 0.05) is 12.6 Å². The first-order chi connectivity index (χ1) is 10.1. The Balaban J connectivity index is 2.55. The van der Waals surface area contributed by atoms with Crippen molar-refractivity contribution in [1.29, 1.82) is 0 Å². The highest BCUT2D eigenvalue weighted by Crippen LogP contribution is 2.40. The molecular formula is C12H10N4O5. The molecule has 0 atom stereocenters. The summed E-state index contributed by atoms with van der Waals surface area (Å²) in [6, 6.07) is 1.53. The topological polar surface area (TPSA) is 127 Å². The summed E-state index contributed by atoms with van der Waals surface area (Å²) in [5, 5.41) is 14.8. The first-order valence-corrected chi connectivity index (χ1v) is 6.09. The molecule has 0 radical (unpaired) electrons. The second-order valence-electron chi connectivity index (χ2n) is 4.29. The van der Waals surface area contributed by atoms with Crippen molar-refractivity contribution in [2.24, 2.45) is 0 Å². The van der Waals surface area contributed by atoms with Gasteiger partial charge in [-0.05, 0) is 6.92 Å². The zero-order valence-corrected chi connectivity index (χ0v) is 10.9. The van der Waals surface area contributed by atoms with Crippen LogP contribution in [0, 0.1) is 0 Å². The first-order valence-electron chi connectivity index (χ1n) is 6.09. The van der Waals surface area contributed by atoms with E-state index in [1.807, 2.05) is 5.11 Å². The van der Waals surface area contributed by atoms with Crippen LogP contribution in [0.5, 0.6) is 11.5 Å².